The van der Waals surface area contributed by atoms with Crippen LogP contribution in [0.25, 0.3) is 0 Å². The third-order valence-electron chi connectivity index (χ3n) is 2.28. The number of halogens is 2. The second-order valence-corrected chi connectivity index (χ2v) is 5.27. The summed E-state index contributed by atoms with van der Waals surface area (Å²) in [6.07, 6.45) is 0.205. The van der Waals surface area contributed by atoms with E-state index in [9.17, 15) is 13.6 Å². The van der Waals surface area contributed by atoms with Crippen LogP contribution in [-0.2, 0) is 11.2 Å². The highest BCUT2D eigenvalue weighted by atomic mass is 32.1. The SMILES string of the molecule is Cc1ccc(CC(=O)Nc2cc(F)cc(F)c2)s1. The normalized spacial score (nSPS) is 10.4. The molecule has 0 radical (unpaired) electrons. The standard InChI is InChI=1S/C13H11F2NOS/c1-8-2-3-12(18-8)7-13(17)16-11-5-9(14)4-10(15)6-11/h2-6H,7H2,1H3,(H,16,17). The lowest BCUT2D eigenvalue weighted by atomic mass is 10.2. The first-order valence-corrected chi connectivity index (χ1v) is 6.16. The van der Waals surface area contributed by atoms with Crippen LogP contribution in [0.1, 0.15) is 9.75 Å². The summed E-state index contributed by atoms with van der Waals surface area (Å²) in [5, 5.41) is 2.47. The quantitative estimate of drug-likeness (QED) is 0.905. The first-order valence-electron chi connectivity index (χ1n) is 5.34. The molecule has 5 heteroatoms. The van der Waals surface area contributed by atoms with Crippen LogP contribution < -0.4 is 5.32 Å². The van der Waals surface area contributed by atoms with Gasteiger partial charge in [0.15, 0.2) is 0 Å². The lowest BCUT2D eigenvalue weighted by Crippen LogP contribution is -2.14. The second kappa shape index (κ2) is 5.27. The fourth-order valence-electron chi connectivity index (χ4n) is 1.57. The third-order valence-corrected chi connectivity index (χ3v) is 3.28. The molecule has 2 nitrogen and oxygen atoms in total. The van der Waals surface area contributed by atoms with E-state index in [1.54, 1.807) is 0 Å². The van der Waals surface area contributed by atoms with E-state index in [1.807, 2.05) is 19.1 Å². The predicted molar refractivity (Wildman–Crippen MR) is 67.7 cm³/mol. The van der Waals surface area contributed by atoms with Crippen molar-refractivity contribution in [2.45, 2.75) is 13.3 Å². The summed E-state index contributed by atoms with van der Waals surface area (Å²) in [6.45, 7) is 1.95. The summed E-state index contributed by atoms with van der Waals surface area (Å²) >= 11 is 1.52. The van der Waals surface area contributed by atoms with Gasteiger partial charge in [-0.05, 0) is 31.2 Å². The Balaban J connectivity index is 2.02. The van der Waals surface area contributed by atoms with E-state index in [2.05, 4.69) is 5.32 Å². The molecule has 0 bridgehead atoms. The zero-order chi connectivity index (χ0) is 13.1. The zero-order valence-electron chi connectivity index (χ0n) is 9.67. The van der Waals surface area contributed by atoms with E-state index < -0.39 is 11.6 Å². The zero-order valence-corrected chi connectivity index (χ0v) is 10.5. The van der Waals surface area contributed by atoms with Crippen molar-refractivity contribution in [3.05, 3.63) is 51.7 Å². The van der Waals surface area contributed by atoms with Gasteiger partial charge < -0.3 is 5.32 Å². The van der Waals surface area contributed by atoms with Crippen LogP contribution >= 0.6 is 11.3 Å². The fourth-order valence-corrected chi connectivity index (χ4v) is 2.46. The largest absolute Gasteiger partial charge is 0.326 e. The van der Waals surface area contributed by atoms with E-state index in [1.165, 1.54) is 11.3 Å². The molecule has 0 aliphatic carbocycles. The van der Waals surface area contributed by atoms with Crippen LogP contribution in [0.5, 0.6) is 0 Å². The van der Waals surface area contributed by atoms with E-state index in [4.69, 9.17) is 0 Å². The number of benzene rings is 1. The Bertz CT molecular complexity index is 560. The maximum Gasteiger partial charge on any atom is 0.229 e. The molecular formula is C13H11F2NOS. The molecule has 18 heavy (non-hydrogen) atoms. The van der Waals surface area contributed by atoms with Crippen molar-refractivity contribution in [2.24, 2.45) is 0 Å². The van der Waals surface area contributed by atoms with Gasteiger partial charge >= 0.3 is 0 Å². The molecule has 1 N–H and O–H groups in total. The molecule has 94 valence electrons. The molecule has 0 atom stereocenters. The summed E-state index contributed by atoms with van der Waals surface area (Å²) in [7, 11) is 0. The molecule has 0 aliphatic rings. The van der Waals surface area contributed by atoms with Gasteiger partial charge in [0.05, 0.1) is 6.42 Å². The fraction of sp³-hybridized carbons (Fsp3) is 0.154. The first kappa shape index (κ1) is 12.7. The van der Waals surface area contributed by atoms with Gasteiger partial charge in [-0.15, -0.1) is 11.3 Å². The van der Waals surface area contributed by atoms with E-state index in [0.29, 0.717) is 0 Å². The molecule has 0 unspecified atom stereocenters. The van der Waals surface area contributed by atoms with Crippen LogP contribution in [0.3, 0.4) is 0 Å². The van der Waals surface area contributed by atoms with Crippen LogP contribution in [0.2, 0.25) is 0 Å². The molecule has 2 rings (SSSR count). The van der Waals surface area contributed by atoms with Crippen molar-refractivity contribution >= 4 is 22.9 Å². The highest BCUT2D eigenvalue weighted by Gasteiger charge is 2.07. The molecule has 1 heterocycles. The number of hydrogen-bond acceptors (Lipinski definition) is 2. The Morgan fingerprint density at radius 3 is 2.44 bits per heavy atom. The molecule has 0 spiro atoms. The average molecular weight is 267 g/mol. The minimum Gasteiger partial charge on any atom is -0.326 e. The number of nitrogens with one attached hydrogen (secondary N) is 1. The number of anilines is 1. The maximum absolute atomic E-state index is 12.9. The van der Waals surface area contributed by atoms with Gasteiger partial charge in [0.2, 0.25) is 5.91 Å². The van der Waals surface area contributed by atoms with Crippen LogP contribution in [0.4, 0.5) is 14.5 Å². The van der Waals surface area contributed by atoms with Gasteiger partial charge in [0, 0.05) is 21.5 Å². The number of amides is 1. The van der Waals surface area contributed by atoms with Crippen molar-refractivity contribution in [3.8, 4) is 0 Å². The van der Waals surface area contributed by atoms with Crippen LogP contribution in [0, 0.1) is 18.6 Å². The molecule has 0 saturated carbocycles. The van der Waals surface area contributed by atoms with Crippen LogP contribution in [-0.4, -0.2) is 5.91 Å². The number of hydrogen-bond donors (Lipinski definition) is 1. The molecule has 1 amide bonds. The monoisotopic (exact) mass is 267 g/mol. The van der Waals surface area contributed by atoms with Gasteiger partial charge in [0.1, 0.15) is 11.6 Å². The first-order chi connectivity index (χ1) is 8.52. The number of thiophene rings is 1. The Labute approximate surface area is 107 Å². The molecule has 0 saturated heterocycles. The Morgan fingerprint density at radius 1 is 1.22 bits per heavy atom. The molecule has 1 aromatic heterocycles. The Morgan fingerprint density at radius 2 is 1.89 bits per heavy atom. The second-order valence-electron chi connectivity index (χ2n) is 3.90. The third kappa shape index (κ3) is 3.37. The van der Waals surface area contributed by atoms with E-state index >= 15 is 0 Å². The topological polar surface area (TPSA) is 29.1 Å². The lowest BCUT2D eigenvalue weighted by Gasteiger charge is -2.04. The van der Waals surface area contributed by atoms with Gasteiger partial charge in [-0.3, -0.25) is 4.79 Å². The van der Waals surface area contributed by atoms with Crippen molar-refractivity contribution in [1.29, 1.82) is 0 Å². The number of rotatable bonds is 3. The summed E-state index contributed by atoms with van der Waals surface area (Å²) in [5.74, 6) is -1.71. The molecule has 0 fully saturated rings. The summed E-state index contributed by atoms with van der Waals surface area (Å²) in [4.78, 5) is 13.7. The summed E-state index contributed by atoms with van der Waals surface area (Å²) in [6, 6.07) is 6.72. The number of aryl methyl sites for hydroxylation is 1. The number of carbonyl (C=O) groups excluding carboxylic acids is 1. The highest BCUT2D eigenvalue weighted by Crippen LogP contribution is 2.17. The Hall–Kier alpha value is -1.75. The minimum atomic E-state index is -0.711. The highest BCUT2D eigenvalue weighted by molar-refractivity contribution is 7.12. The van der Waals surface area contributed by atoms with Crippen molar-refractivity contribution in [3.63, 3.8) is 0 Å². The maximum atomic E-state index is 12.9. The van der Waals surface area contributed by atoms with E-state index in [-0.39, 0.29) is 18.0 Å². The average Bonchev–Trinajstić information content (AvgIpc) is 2.61. The number of carbonyl (C=O) groups is 1. The smallest absolute Gasteiger partial charge is 0.229 e. The summed E-state index contributed by atoms with van der Waals surface area (Å²) < 4.78 is 25.8. The summed E-state index contributed by atoms with van der Waals surface area (Å²) in [5.41, 5.74) is 0.130. The van der Waals surface area contributed by atoms with E-state index in [0.717, 1.165) is 28.0 Å². The molecule has 0 aliphatic heterocycles. The van der Waals surface area contributed by atoms with Crippen LogP contribution in [0.15, 0.2) is 30.3 Å². The van der Waals surface area contributed by atoms with Gasteiger partial charge in [-0.25, -0.2) is 8.78 Å². The molecule has 2 aromatic rings. The van der Waals surface area contributed by atoms with Gasteiger partial charge in [0.25, 0.3) is 0 Å². The van der Waals surface area contributed by atoms with Gasteiger partial charge in [-0.2, -0.15) is 0 Å². The predicted octanol–water partition coefficient (Wildman–Crippen LogP) is 3.52. The lowest BCUT2D eigenvalue weighted by molar-refractivity contribution is -0.115. The van der Waals surface area contributed by atoms with Crippen molar-refractivity contribution in [1.82, 2.24) is 0 Å². The minimum absolute atomic E-state index is 0.130. The Kier molecular flexibility index (Phi) is 3.72. The molecular weight excluding hydrogens is 256 g/mol. The van der Waals surface area contributed by atoms with Crippen molar-refractivity contribution < 1.29 is 13.6 Å². The van der Waals surface area contributed by atoms with Crippen molar-refractivity contribution in [2.75, 3.05) is 5.32 Å². The van der Waals surface area contributed by atoms with Gasteiger partial charge in [-0.1, -0.05) is 0 Å². The molecule has 1 aromatic carbocycles.